The zero-order valence-electron chi connectivity index (χ0n) is 8.40. The maximum atomic E-state index is 5.91. The van der Waals surface area contributed by atoms with Gasteiger partial charge in [0.1, 0.15) is 12.1 Å². The van der Waals surface area contributed by atoms with Crippen molar-refractivity contribution in [3.63, 3.8) is 0 Å². The molecular weight excluding hydrogens is 214 g/mol. The van der Waals surface area contributed by atoms with Crippen molar-refractivity contribution >= 4 is 17.4 Å². The number of hydrogen-bond acceptors (Lipinski definition) is 4. The first-order valence-electron chi connectivity index (χ1n) is 4.39. The molecule has 0 radical (unpaired) electrons. The molecule has 5 nitrogen and oxygen atoms in total. The average molecular weight is 224 g/mol. The van der Waals surface area contributed by atoms with Gasteiger partial charge in [-0.15, -0.1) is 0 Å². The number of nitrogens with two attached hydrogens (primary N) is 1. The Hall–Kier alpha value is -1.62. The molecule has 0 saturated carbocycles. The lowest BCUT2D eigenvalue weighted by Crippen LogP contribution is -2.05. The Morgan fingerprint density at radius 2 is 2.07 bits per heavy atom. The molecule has 0 aromatic carbocycles. The van der Waals surface area contributed by atoms with E-state index in [2.05, 4.69) is 15.1 Å². The number of aryl methyl sites for hydroxylation is 1. The van der Waals surface area contributed by atoms with Gasteiger partial charge in [-0.05, 0) is 13.8 Å². The maximum absolute atomic E-state index is 5.91. The third-order valence-electron chi connectivity index (χ3n) is 2.15. The van der Waals surface area contributed by atoms with Crippen LogP contribution in [-0.2, 0) is 0 Å². The maximum Gasteiger partial charge on any atom is 0.161 e. The number of hydrogen-bond donors (Lipinski definition) is 1. The van der Waals surface area contributed by atoms with Gasteiger partial charge in [-0.3, -0.25) is 0 Å². The highest BCUT2D eigenvalue weighted by Gasteiger charge is 2.09. The number of rotatable bonds is 1. The second kappa shape index (κ2) is 3.51. The third-order valence-corrected chi connectivity index (χ3v) is 2.52. The SMILES string of the molecule is Cc1nn(-c2ncnc(N)c2C)cc1Cl. The van der Waals surface area contributed by atoms with Gasteiger partial charge in [-0.1, -0.05) is 11.6 Å². The number of nitrogen functional groups attached to an aromatic ring is 1. The minimum atomic E-state index is 0.448. The standard InChI is InChI=1S/C9H10ClN5/c1-5-8(11)12-4-13-9(5)15-3-7(10)6(2)14-15/h3-4H,1-2H3,(H2,11,12,13). The van der Waals surface area contributed by atoms with Gasteiger partial charge in [0.05, 0.1) is 16.9 Å². The number of halogens is 1. The summed E-state index contributed by atoms with van der Waals surface area (Å²) in [5, 5.41) is 4.82. The van der Waals surface area contributed by atoms with Crippen LogP contribution in [-0.4, -0.2) is 19.7 Å². The fourth-order valence-electron chi connectivity index (χ4n) is 1.23. The fraction of sp³-hybridized carbons (Fsp3) is 0.222. The van der Waals surface area contributed by atoms with Gasteiger partial charge in [0.25, 0.3) is 0 Å². The molecule has 0 bridgehead atoms. The van der Waals surface area contributed by atoms with E-state index in [9.17, 15) is 0 Å². The van der Waals surface area contributed by atoms with Gasteiger partial charge in [-0.25, -0.2) is 14.6 Å². The van der Waals surface area contributed by atoms with Crippen LogP contribution in [0.25, 0.3) is 5.82 Å². The molecule has 2 aromatic heterocycles. The molecule has 15 heavy (non-hydrogen) atoms. The minimum Gasteiger partial charge on any atom is -0.383 e. The van der Waals surface area contributed by atoms with E-state index in [-0.39, 0.29) is 0 Å². The fourth-order valence-corrected chi connectivity index (χ4v) is 1.36. The lowest BCUT2D eigenvalue weighted by molar-refractivity contribution is 0.818. The summed E-state index contributed by atoms with van der Waals surface area (Å²) in [5.74, 6) is 1.10. The summed E-state index contributed by atoms with van der Waals surface area (Å²) < 4.78 is 1.60. The van der Waals surface area contributed by atoms with Crippen LogP contribution in [0.4, 0.5) is 5.82 Å². The molecule has 2 rings (SSSR count). The number of nitrogens with zero attached hydrogens (tertiary/aromatic N) is 4. The summed E-state index contributed by atoms with van der Waals surface area (Å²) >= 11 is 5.91. The smallest absolute Gasteiger partial charge is 0.161 e. The van der Waals surface area contributed by atoms with Crippen molar-refractivity contribution in [2.24, 2.45) is 0 Å². The Bertz CT molecular complexity index is 486. The number of anilines is 1. The predicted molar refractivity (Wildman–Crippen MR) is 58.1 cm³/mol. The van der Waals surface area contributed by atoms with Crippen molar-refractivity contribution in [1.29, 1.82) is 0 Å². The molecule has 0 atom stereocenters. The molecule has 2 N–H and O–H groups in total. The van der Waals surface area contributed by atoms with Crippen molar-refractivity contribution in [2.45, 2.75) is 13.8 Å². The van der Waals surface area contributed by atoms with E-state index in [0.717, 1.165) is 11.3 Å². The van der Waals surface area contributed by atoms with Crippen LogP contribution < -0.4 is 5.73 Å². The van der Waals surface area contributed by atoms with Crippen molar-refractivity contribution in [3.8, 4) is 5.82 Å². The molecule has 0 unspecified atom stereocenters. The summed E-state index contributed by atoms with van der Waals surface area (Å²) in [5.41, 5.74) is 7.22. The third kappa shape index (κ3) is 1.66. The molecule has 2 aromatic rings. The first kappa shape index (κ1) is 9.92. The summed E-state index contributed by atoms with van der Waals surface area (Å²) in [6.07, 6.45) is 3.11. The van der Waals surface area contributed by atoms with Crippen molar-refractivity contribution in [2.75, 3.05) is 5.73 Å². The van der Waals surface area contributed by atoms with Gasteiger partial charge in [0, 0.05) is 5.56 Å². The summed E-state index contributed by atoms with van der Waals surface area (Å²) in [4.78, 5) is 8.00. The highest BCUT2D eigenvalue weighted by Crippen LogP contribution is 2.18. The van der Waals surface area contributed by atoms with Crippen LogP contribution in [0, 0.1) is 13.8 Å². The first-order chi connectivity index (χ1) is 7.09. The Labute approximate surface area is 91.9 Å². The summed E-state index contributed by atoms with van der Waals surface area (Å²) in [6, 6.07) is 0. The zero-order chi connectivity index (χ0) is 11.0. The normalized spacial score (nSPS) is 10.6. The second-order valence-electron chi connectivity index (χ2n) is 3.21. The van der Waals surface area contributed by atoms with Crippen LogP contribution in [0.5, 0.6) is 0 Å². The average Bonchev–Trinajstić information content (AvgIpc) is 2.51. The molecule has 78 valence electrons. The quantitative estimate of drug-likeness (QED) is 0.796. The van der Waals surface area contributed by atoms with Crippen molar-refractivity contribution in [3.05, 3.63) is 28.8 Å². The molecule has 0 aliphatic carbocycles. The van der Waals surface area contributed by atoms with Crippen LogP contribution in [0.2, 0.25) is 5.02 Å². The van der Waals surface area contributed by atoms with E-state index in [1.807, 2.05) is 13.8 Å². The van der Waals surface area contributed by atoms with E-state index in [1.54, 1.807) is 10.9 Å². The molecule has 0 spiro atoms. The van der Waals surface area contributed by atoms with Gasteiger partial charge in [0.2, 0.25) is 0 Å². The van der Waals surface area contributed by atoms with Crippen LogP contribution in [0.15, 0.2) is 12.5 Å². The molecule has 6 heteroatoms. The summed E-state index contributed by atoms with van der Waals surface area (Å²) in [7, 11) is 0. The van der Waals surface area contributed by atoms with E-state index < -0.39 is 0 Å². The van der Waals surface area contributed by atoms with Crippen molar-refractivity contribution in [1.82, 2.24) is 19.7 Å². The van der Waals surface area contributed by atoms with Gasteiger partial charge < -0.3 is 5.73 Å². The van der Waals surface area contributed by atoms with Crippen LogP contribution in [0.3, 0.4) is 0 Å². The van der Waals surface area contributed by atoms with Gasteiger partial charge in [0.15, 0.2) is 5.82 Å². The van der Waals surface area contributed by atoms with E-state index in [1.165, 1.54) is 6.33 Å². The minimum absolute atomic E-state index is 0.448. The van der Waals surface area contributed by atoms with E-state index >= 15 is 0 Å². The van der Waals surface area contributed by atoms with E-state index in [0.29, 0.717) is 16.7 Å². The highest BCUT2D eigenvalue weighted by atomic mass is 35.5. The Morgan fingerprint density at radius 1 is 1.33 bits per heavy atom. The molecule has 0 aliphatic heterocycles. The summed E-state index contributed by atoms with van der Waals surface area (Å²) in [6.45, 7) is 3.67. The zero-order valence-corrected chi connectivity index (χ0v) is 9.15. The highest BCUT2D eigenvalue weighted by molar-refractivity contribution is 6.31. The van der Waals surface area contributed by atoms with E-state index in [4.69, 9.17) is 17.3 Å². The first-order valence-corrected chi connectivity index (χ1v) is 4.76. The van der Waals surface area contributed by atoms with Crippen LogP contribution in [0.1, 0.15) is 11.3 Å². The largest absolute Gasteiger partial charge is 0.383 e. The Kier molecular flexibility index (Phi) is 2.32. The second-order valence-corrected chi connectivity index (χ2v) is 3.62. The molecule has 0 aliphatic rings. The Balaban J connectivity index is 2.59. The molecule has 0 amide bonds. The topological polar surface area (TPSA) is 69.6 Å². The number of aromatic nitrogens is 4. The molecular formula is C9H10ClN5. The van der Waals surface area contributed by atoms with Crippen LogP contribution >= 0.6 is 11.6 Å². The van der Waals surface area contributed by atoms with Crippen molar-refractivity contribution < 1.29 is 0 Å². The molecule has 0 fully saturated rings. The molecule has 0 saturated heterocycles. The Morgan fingerprint density at radius 3 is 2.67 bits per heavy atom. The lowest BCUT2D eigenvalue weighted by atomic mass is 10.3. The lowest BCUT2D eigenvalue weighted by Gasteiger charge is -2.05. The van der Waals surface area contributed by atoms with Gasteiger partial charge >= 0.3 is 0 Å². The monoisotopic (exact) mass is 223 g/mol. The predicted octanol–water partition coefficient (Wildman–Crippen LogP) is 1.51. The van der Waals surface area contributed by atoms with Gasteiger partial charge in [-0.2, -0.15) is 5.10 Å². The molecule has 2 heterocycles.